The fourth-order valence-corrected chi connectivity index (χ4v) is 4.63. The van der Waals surface area contributed by atoms with E-state index < -0.39 is 30.2 Å². The highest BCUT2D eigenvalue weighted by Crippen LogP contribution is 2.30. The Labute approximate surface area is 253 Å². The minimum absolute atomic E-state index is 0.114. The van der Waals surface area contributed by atoms with E-state index in [4.69, 9.17) is 14.2 Å². The average Bonchev–Trinajstić information content (AvgIpc) is 3.03. The third kappa shape index (κ3) is 12.0. The number of carbonyl (C=O) groups excluding carboxylic acids is 2. The number of allylic oxidation sites excluding steroid dienone is 2. The van der Waals surface area contributed by atoms with Gasteiger partial charge in [-0.15, -0.1) is 0 Å². The lowest BCUT2D eigenvalue weighted by Crippen LogP contribution is -2.41. The van der Waals surface area contributed by atoms with Crippen LogP contribution in [-0.4, -0.2) is 60.8 Å². The highest BCUT2D eigenvalue weighted by atomic mass is 16.6. The van der Waals surface area contributed by atoms with Crippen LogP contribution in [0.15, 0.2) is 54.6 Å². The number of benzene rings is 1. The summed E-state index contributed by atoms with van der Waals surface area (Å²) in [4.78, 5) is 25.0. The molecule has 0 aromatic heterocycles. The number of aliphatic hydroxyl groups is 2. The van der Waals surface area contributed by atoms with Crippen molar-refractivity contribution in [2.45, 2.75) is 103 Å². The van der Waals surface area contributed by atoms with E-state index in [1.807, 2.05) is 42.5 Å². The van der Waals surface area contributed by atoms with Gasteiger partial charge in [-0.3, -0.25) is 4.79 Å². The van der Waals surface area contributed by atoms with Crippen LogP contribution in [0.1, 0.15) is 103 Å². The molecule has 1 aliphatic carbocycles. The predicted molar refractivity (Wildman–Crippen MR) is 166 cm³/mol. The molecule has 0 radical (unpaired) electrons. The molecule has 0 fully saturated rings. The van der Waals surface area contributed by atoms with Crippen LogP contribution in [0.3, 0.4) is 0 Å². The van der Waals surface area contributed by atoms with Gasteiger partial charge in [-0.2, -0.15) is 0 Å². The third-order valence-corrected chi connectivity index (χ3v) is 8.11. The van der Waals surface area contributed by atoms with Crippen LogP contribution in [0.25, 0.3) is 0 Å². The van der Waals surface area contributed by atoms with E-state index in [2.05, 4.69) is 26.0 Å². The molecule has 0 amide bonds. The molecular formula is C35H54O7. The molecule has 0 aliphatic heterocycles. The Balaban J connectivity index is 1.61. The maximum absolute atomic E-state index is 13.1. The highest BCUT2D eigenvalue weighted by molar-refractivity contribution is 5.85. The van der Waals surface area contributed by atoms with E-state index in [1.54, 1.807) is 0 Å². The number of ether oxygens (including phenoxy) is 3. The van der Waals surface area contributed by atoms with Gasteiger partial charge in [0.2, 0.25) is 5.60 Å². The second-order valence-electron chi connectivity index (χ2n) is 12.0. The summed E-state index contributed by atoms with van der Waals surface area (Å²) in [6.45, 7) is 6.04. The SMILES string of the molecule is CCC(C)COC(=O)C1(OCCCCCCCCCCCCOC(=O)C(C)(CO)CO)C=CC(c2ccccc2)C=C1. The van der Waals surface area contributed by atoms with Crippen LogP contribution in [0.2, 0.25) is 0 Å². The number of hydrogen-bond donors (Lipinski definition) is 2. The van der Waals surface area contributed by atoms with Gasteiger partial charge in [0.05, 0.1) is 26.4 Å². The number of carbonyl (C=O) groups is 2. The van der Waals surface area contributed by atoms with Crippen LogP contribution in [0, 0.1) is 11.3 Å². The van der Waals surface area contributed by atoms with Crippen molar-refractivity contribution in [3.8, 4) is 0 Å². The molecule has 7 heteroatoms. The lowest BCUT2D eigenvalue weighted by Gasteiger charge is -2.30. The van der Waals surface area contributed by atoms with Crippen LogP contribution >= 0.6 is 0 Å². The van der Waals surface area contributed by atoms with E-state index in [-0.39, 0.29) is 11.9 Å². The Morgan fingerprint density at radius 2 is 1.36 bits per heavy atom. The Morgan fingerprint density at radius 3 is 1.88 bits per heavy atom. The number of esters is 2. The van der Waals surface area contributed by atoms with Crippen LogP contribution < -0.4 is 0 Å². The summed E-state index contributed by atoms with van der Waals surface area (Å²) in [5.41, 5.74) is -1.20. The van der Waals surface area contributed by atoms with Crippen molar-refractivity contribution in [1.82, 2.24) is 0 Å². The quantitative estimate of drug-likeness (QED) is 0.0888. The van der Waals surface area contributed by atoms with Crippen molar-refractivity contribution in [2.24, 2.45) is 11.3 Å². The van der Waals surface area contributed by atoms with E-state index in [9.17, 15) is 19.8 Å². The number of unbranched alkanes of at least 4 members (excludes halogenated alkanes) is 9. The van der Waals surface area contributed by atoms with Gasteiger partial charge in [-0.25, -0.2) is 4.79 Å². The van der Waals surface area contributed by atoms with E-state index in [0.717, 1.165) is 51.4 Å². The first-order valence-electron chi connectivity index (χ1n) is 15.9. The third-order valence-electron chi connectivity index (χ3n) is 8.11. The number of aliphatic hydroxyl groups excluding tert-OH is 2. The molecule has 0 spiro atoms. The number of rotatable bonds is 22. The van der Waals surface area contributed by atoms with E-state index in [1.165, 1.54) is 31.7 Å². The van der Waals surface area contributed by atoms with Gasteiger partial charge in [-0.05, 0) is 43.4 Å². The van der Waals surface area contributed by atoms with Crippen molar-refractivity contribution in [3.63, 3.8) is 0 Å². The second-order valence-corrected chi connectivity index (χ2v) is 12.0. The molecule has 236 valence electrons. The lowest BCUT2D eigenvalue weighted by molar-refractivity contribution is -0.163. The van der Waals surface area contributed by atoms with Gasteiger partial charge >= 0.3 is 11.9 Å². The maximum Gasteiger partial charge on any atom is 0.346 e. The minimum atomic E-state index is -1.22. The monoisotopic (exact) mass is 586 g/mol. The molecule has 1 aromatic carbocycles. The summed E-state index contributed by atoms with van der Waals surface area (Å²) in [6.07, 6.45) is 19.5. The largest absolute Gasteiger partial charge is 0.465 e. The summed E-state index contributed by atoms with van der Waals surface area (Å²) in [5, 5.41) is 18.5. The Kier molecular flexibility index (Phi) is 16.7. The van der Waals surface area contributed by atoms with Crippen molar-refractivity contribution in [2.75, 3.05) is 33.0 Å². The Morgan fingerprint density at radius 1 is 0.833 bits per heavy atom. The molecule has 42 heavy (non-hydrogen) atoms. The van der Waals surface area contributed by atoms with Gasteiger partial charge in [0, 0.05) is 12.5 Å². The van der Waals surface area contributed by atoms with Crippen molar-refractivity contribution >= 4 is 11.9 Å². The highest BCUT2D eigenvalue weighted by Gasteiger charge is 2.38. The van der Waals surface area contributed by atoms with Crippen LogP contribution in [0.5, 0.6) is 0 Å². The van der Waals surface area contributed by atoms with E-state index in [0.29, 0.717) is 25.7 Å². The maximum atomic E-state index is 13.1. The molecule has 1 aromatic rings. The zero-order chi connectivity index (χ0) is 30.7. The van der Waals surface area contributed by atoms with Crippen molar-refractivity contribution in [3.05, 3.63) is 60.2 Å². The first-order valence-corrected chi connectivity index (χ1v) is 15.9. The summed E-state index contributed by atoms with van der Waals surface area (Å²) < 4.78 is 17.1. The fraction of sp³-hybridized carbons (Fsp3) is 0.657. The zero-order valence-electron chi connectivity index (χ0n) is 26.1. The lowest BCUT2D eigenvalue weighted by atomic mass is 9.88. The smallest absolute Gasteiger partial charge is 0.346 e. The molecule has 1 unspecified atom stereocenters. The first-order chi connectivity index (χ1) is 20.3. The van der Waals surface area contributed by atoms with Gasteiger partial charge < -0.3 is 24.4 Å². The molecule has 0 saturated carbocycles. The molecule has 0 heterocycles. The summed E-state index contributed by atoms with van der Waals surface area (Å²) in [5.74, 6) is -0.458. The Hall–Kier alpha value is -2.48. The topological polar surface area (TPSA) is 102 Å². The second kappa shape index (κ2) is 19.7. The predicted octanol–water partition coefficient (Wildman–Crippen LogP) is 6.68. The molecule has 1 aliphatic rings. The van der Waals surface area contributed by atoms with Crippen LogP contribution in [-0.2, 0) is 23.8 Å². The molecule has 2 N–H and O–H groups in total. The van der Waals surface area contributed by atoms with Gasteiger partial charge in [-0.1, -0.05) is 114 Å². The molecular weight excluding hydrogens is 532 g/mol. The first kappa shape index (κ1) is 35.7. The minimum Gasteiger partial charge on any atom is -0.465 e. The molecule has 2 rings (SSSR count). The van der Waals surface area contributed by atoms with Gasteiger partial charge in [0.25, 0.3) is 0 Å². The molecule has 0 bridgehead atoms. The summed E-state index contributed by atoms with van der Waals surface area (Å²) in [7, 11) is 0. The molecule has 1 atom stereocenters. The average molecular weight is 587 g/mol. The summed E-state index contributed by atoms with van der Waals surface area (Å²) in [6, 6.07) is 10.2. The van der Waals surface area contributed by atoms with Crippen LogP contribution in [0.4, 0.5) is 0 Å². The molecule has 7 nitrogen and oxygen atoms in total. The fourth-order valence-electron chi connectivity index (χ4n) is 4.63. The van der Waals surface area contributed by atoms with E-state index >= 15 is 0 Å². The van der Waals surface area contributed by atoms with Gasteiger partial charge in [0.15, 0.2) is 0 Å². The normalized spacial score (nSPS) is 19.0. The zero-order valence-corrected chi connectivity index (χ0v) is 26.1. The van der Waals surface area contributed by atoms with Crippen molar-refractivity contribution in [1.29, 1.82) is 0 Å². The number of hydrogen-bond acceptors (Lipinski definition) is 7. The standard InChI is InChI=1S/C35H54O7/c1-4-29(2)26-41-33(39)35(22-20-31(21-23-35)30-18-14-13-15-19-30)42-25-17-12-10-8-6-5-7-9-11-16-24-40-32(38)34(3,27-36)28-37/h13-15,18-23,29,31,36-37H,4-12,16-17,24-28H2,1-3H3. The van der Waals surface area contributed by atoms with Gasteiger partial charge in [0.1, 0.15) is 5.41 Å². The summed E-state index contributed by atoms with van der Waals surface area (Å²) >= 11 is 0. The van der Waals surface area contributed by atoms with Crippen molar-refractivity contribution < 1.29 is 34.0 Å². The molecule has 0 saturated heterocycles. The Bertz CT molecular complexity index is 937.